The molecule has 6 heteroatoms. The number of carbonyl (C=O) groups excluding carboxylic acids is 1. The van der Waals surface area contributed by atoms with Gasteiger partial charge in [-0.3, -0.25) is 4.79 Å². The molecule has 1 heterocycles. The Morgan fingerprint density at radius 3 is 2.50 bits per heavy atom. The molecule has 1 aliphatic heterocycles. The van der Waals surface area contributed by atoms with Crippen LogP contribution in [0.4, 0.5) is 0 Å². The quantitative estimate of drug-likeness (QED) is 0.691. The van der Waals surface area contributed by atoms with Gasteiger partial charge in [0.1, 0.15) is 0 Å². The summed E-state index contributed by atoms with van der Waals surface area (Å²) in [6.07, 6.45) is 2.11. The van der Waals surface area contributed by atoms with Crippen molar-refractivity contribution in [3.05, 3.63) is 0 Å². The summed E-state index contributed by atoms with van der Waals surface area (Å²) in [5.41, 5.74) is 0. The molecular formula is C12H25ClN2O3. The lowest BCUT2D eigenvalue weighted by molar-refractivity contribution is -0.131. The molecule has 108 valence electrons. The van der Waals surface area contributed by atoms with Crippen LogP contribution >= 0.6 is 12.4 Å². The number of halogens is 1. The molecular weight excluding hydrogens is 256 g/mol. The topological polar surface area (TPSA) is 50.8 Å². The van der Waals surface area contributed by atoms with Crippen LogP contribution in [0.3, 0.4) is 0 Å². The van der Waals surface area contributed by atoms with Crippen molar-refractivity contribution in [2.24, 2.45) is 5.92 Å². The number of amides is 1. The molecule has 1 fully saturated rings. The molecule has 18 heavy (non-hydrogen) atoms. The van der Waals surface area contributed by atoms with E-state index in [4.69, 9.17) is 9.47 Å². The molecule has 1 amide bonds. The average molecular weight is 281 g/mol. The monoisotopic (exact) mass is 280 g/mol. The van der Waals surface area contributed by atoms with Crippen LogP contribution in [-0.2, 0) is 14.3 Å². The number of likely N-dealkylation sites (tertiary alicyclic amines) is 1. The molecule has 5 nitrogen and oxygen atoms in total. The molecule has 1 saturated heterocycles. The number of carbonyl (C=O) groups is 1. The Kier molecular flexibility index (Phi) is 10.3. The average Bonchev–Trinajstić information content (AvgIpc) is 2.36. The van der Waals surface area contributed by atoms with Crippen molar-refractivity contribution in [2.75, 3.05) is 53.6 Å². The summed E-state index contributed by atoms with van der Waals surface area (Å²) in [7, 11) is 3.39. The zero-order valence-corrected chi connectivity index (χ0v) is 12.1. The third kappa shape index (κ3) is 6.54. The van der Waals surface area contributed by atoms with E-state index in [0.29, 0.717) is 19.1 Å². The number of ether oxygens (including phenoxy) is 2. The second-order valence-corrected chi connectivity index (χ2v) is 4.45. The smallest absolute Gasteiger partial charge is 0.236 e. The summed E-state index contributed by atoms with van der Waals surface area (Å²) in [6.45, 7) is 4.32. The minimum atomic E-state index is 0. The van der Waals surface area contributed by atoms with Crippen molar-refractivity contribution in [3.8, 4) is 0 Å². The van der Waals surface area contributed by atoms with Crippen LogP contribution < -0.4 is 5.32 Å². The molecule has 0 aliphatic carbocycles. The summed E-state index contributed by atoms with van der Waals surface area (Å²) >= 11 is 0. The first-order valence-electron chi connectivity index (χ1n) is 6.24. The number of nitrogens with one attached hydrogen (secondary N) is 1. The van der Waals surface area contributed by atoms with Gasteiger partial charge in [-0.2, -0.15) is 0 Å². The van der Waals surface area contributed by atoms with E-state index in [-0.39, 0.29) is 18.3 Å². The highest BCUT2D eigenvalue weighted by Gasteiger charge is 2.22. The zero-order chi connectivity index (χ0) is 12.5. The Bertz CT molecular complexity index is 221. The second-order valence-electron chi connectivity index (χ2n) is 4.45. The lowest BCUT2D eigenvalue weighted by atomic mass is 9.98. The fourth-order valence-corrected chi connectivity index (χ4v) is 2.07. The highest BCUT2D eigenvalue weighted by Crippen LogP contribution is 2.16. The summed E-state index contributed by atoms with van der Waals surface area (Å²) in [5, 5.41) is 3.08. The van der Waals surface area contributed by atoms with Crippen molar-refractivity contribution in [1.82, 2.24) is 10.2 Å². The van der Waals surface area contributed by atoms with Crippen molar-refractivity contribution < 1.29 is 14.3 Å². The molecule has 1 N–H and O–H groups in total. The molecule has 0 aromatic heterocycles. The van der Waals surface area contributed by atoms with Crippen LogP contribution in [0, 0.1) is 5.92 Å². The predicted octanol–water partition coefficient (Wildman–Crippen LogP) is 0.529. The Balaban J connectivity index is 0.00000289. The van der Waals surface area contributed by atoms with E-state index in [1.807, 2.05) is 4.90 Å². The molecule has 1 rings (SSSR count). The number of methoxy groups -OCH3 is 2. The first-order chi connectivity index (χ1) is 8.27. The summed E-state index contributed by atoms with van der Waals surface area (Å²) < 4.78 is 10.0. The maximum absolute atomic E-state index is 11.8. The normalized spacial score (nSPS) is 16.4. The van der Waals surface area contributed by atoms with E-state index in [2.05, 4.69) is 5.32 Å². The SMILES string of the molecule is COCCNCC(=O)N1CCC(COC)CC1.Cl. The minimum Gasteiger partial charge on any atom is -0.384 e. The zero-order valence-electron chi connectivity index (χ0n) is 11.3. The number of piperidine rings is 1. The van der Waals surface area contributed by atoms with Gasteiger partial charge >= 0.3 is 0 Å². The van der Waals surface area contributed by atoms with Gasteiger partial charge in [-0.25, -0.2) is 0 Å². The highest BCUT2D eigenvalue weighted by molar-refractivity contribution is 5.85. The lowest BCUT2D eigenvalue weighted by Crippen LogP contribution is -2.43. The van der Waals surface area contributed by atoms with E-state index < -0.39 is 0 Å². The van der Waals surface area contributed by atoms with Gasteiger partial charge in [0.15, 0.2) is 0 Å². The molecule has 0 radical (unpaired) electrons. The Hall–Kier alpha value is -0.360. The molecule has 0 spiro atoms. The van der Waals surface area contributed by atoms with E-state index in [0.717, 1.165) is 39.1 Å². The van der Waals surface area contributed by atoms with Crippen LogP contribution in [0.25, 0.3) is 0 Å². The van der Waals surface area contributed by atoms with Crippen LogP contribution in [0.2, 0.25) is 0 Å². The summed E-state index contributed by atoms with van der Waals surface area (Å²) in [5.74, 6) is 0.808. The lowest BCUT2D eigenvalue weighted by Gasteiger charge is -2.31. The van der Waals surface area contributed by atoms with Gasteiger partial charge in [0, 0.05) is 40.5 Å². The highest BCUT2D eigenvalue weighted by atomic mass is 35.5. The van der Waals surface area contributed by atoms with Gasteiger partial charge in [-0.05, 0) is 18.8 Å². The van der Waals surface area contributed by atoms with Crippen LogP contribution in [0.15, 0.2) is 0 Å². The van der Waals surface area contributed by atoms with E-state index in [1.165, 1.54) is 0 Å². The Morgan fingerprint density at radius 1 is 1.28 bits per heavy atom. The fourth-order valence-electron chi connectivity index (χ4n) is 2.07. The van der Waals surface area contributed by atoms with Crippen LogP contribution in [0.5, 0.6) is 0 Å². The first-order valence-corrected chi connectivity index (χ1v) is 6.24. The van der Waals surface area contributed by atoms with Crippen molar-refractivity contribution in [3.63, 3.8) is 0 Å². The molecule has 0 unspecified atom stereocenters. The second kappa shape index (κ2) is 10.6. The maximum Gasteiger partial charge on any atom is 0.236 e. The minimum absolute atomic E-state index is 0. The van der Waals surface area contributed by atoms with E-state index in [1.54, 1.807) is 14.2 Å². The van der Waals surface area contributed by atoms with Gasteiger partial charge in [-0.1, -0.05) is 0 Å². The van der Waals surface area contributed by atoms with E-state index >= 15 is 0 Å². The Morgan fingerprint density at radius 2 is 1.94 bits per heavy atom. The molecule has 0 aromatic rings. The van der Waals surface area contributed by atoms with Gasteiger partial charge in [-0.15, -0.1) is 12.4 Å². The summed E-state index contributed by atoms with van der Waals surface area (Å²) in [4.78, 5) is 13.8. The first kappa shape index (κ1) is 17.6. The standard InChI is InChI=1S/C12H24N2O3.ClH/c1-16-8-5-13-9-12(15)14-6-3-11(4-7-14)10-17-2;/h11,13H,3-10H2,1-2H3;1H. The van der Waals surface area contributed by atoms with Gasteiger partial charge in [0.2, 0.25) is 5.91 Å². The number of rotatable bonds is 7. The van der Waals surface area contributed by atoms with E-state index in [9.17, 15) is 4.79 Å². The molecule has 0 atom stereocenters. The predicted molar refractivity (Wildman–Crippen MR) is 73.2 cm³/mol. The Labute approximate surface area is 116 Å². The van der Waals surface area contributed by atoms with Gasteiger partial charge < -0.3 is 19.7 Å². The number of hydrogen-bond acceptors (Lipinski definition) is 4. The number of nitrogens with zero attached hydrogens (tertiary/aromatic N) is 1. The maximum atomic E-state index is 11.8. The largest absolute Gasteiger partial charge is 0.384 e. The van der Waals surface area contributed by atoms with Gasteiger partial charge in [0.05, 0.1) is 13.2 Å². The van der Waals surface area contributed by atoms with Crippen molar-refractivity contribution >= 4 is 18.3 Å². The number of hydrogen-bond donors (Lipinski definition) is 1. The van der Waals surface area contributed by atoms with Crippen LogP contribution in [0.1, 0.15) is 12.8 Å². The van der Waals surface area contributed by atoms with Crippen molar-refractivity contribution in [1.29, 1.82) is 0 Å². The molecule has 0 aromatic carbocycles. The third-order valence-corrected chi connectivity index (χ3v) is 3.13. The third-order valence-electron chi connectivity index (χ3n) is 3.13. The van der Waals surface area contributed by atoms with Crippen LogP contribution in [-0.4, -0.2) is 64.4 Å². The molecule has 1 aliphatic rings. The fraction of sp³-hybridized carbons (Fsp3) is 0.917. The summed E-state index contributed by atoms with van der Waals surface area (Å²) in [6, 6.07) is 0. The van der Waals surface area contributed by atoms with Crippen molar-refractivity contribution in [2.45, 2.75) is 12.8 Å². The van der Waals surface area contributed by atoms with Gasteiger partial charge in [0.25, 0.3) is 0 Å². The molecule has 0 saturated carbocycles. The molecule has 0 bridgehead atoms.